The topological polar surface area (TPSA) is 88.8 Å². The fourth-order valence-corrected chi connectivity index (χ4v) is 4.54. The van der Waals surface area contributed by atoms with E-state index in [1.165, 1.54) is 5.56 Å². The summed E-state index contributed by atoms with van der Waals surface area (Å²) >= 11 is 0. The Kier molecular flexibility index (Phi) is 4.15. The Morgan fingerprint density at radius 1 is 1.03 bits per heavy atom. The van der Waals surface area contributed by atoms with Crippen molar-refractivity contribution in [1.82, 2.24) is 29.8 Å². The van der Waals surface area contributed by atoms with Crippen LogP contribution >= 0.6 is 0 Å². The fourth-order valence-electron chi connectivity index (χ4n) is 4.54. The Bertz CT molecular complexity index is 1270. The molecule has 0 aliphatic carbocycles. The van der Waals surface area contributed by atoms with E-state index in [9.17, 15) is 4.79 Å². The van der Waals surface area contributed by atoms with Gasteiger partial charge in [-0.2, -0.15) is 0 Å². The van der Waals surface area contributed by atoms with Gasteiger partial charge < -0.3 is 14.8 Å². The van der Waals surface area contributed by atoms with E-state index in [-0.39, 0.29) is 12.5 Å². The number of nitrogens with one attached hydrogen (secondary N) is 1. The third kappa shape index (κ3) is 3.11. The van der Waals surface area contributed by atoms with Gasteiger partial charge in [0.25, 0.3) is 0 Å². The van der Waals surface area contributed by atoms with Crippen molar-refractivity contribution < 1.29 is 4.79 Å². The highest BCUT2D eigenvalue weighted by Crippen LogP contribution is 2.36. The number of carbonyl (C=O) groups is 1. The summed E-state index contributed by atoms with van der Waals surface area (Å²) in [5.74, 6) is 1.67. The lowest BCUT2D eigenvalue weighted by Gasteiger charge is -2.26. The zero-order valence-electron chi connectivity index (χ0n) is 16.9. The van der Waals surface area contributed by atoms with E-state index < -0.39 is 0 Å². The molecule has 1 amide bonds. The largest absolute Gasteiger partial charge is 0.353 e. The highest BCUT2D eigenvalue weighted by atomic mass is 16.2. The number of amides is 1. The van der Waals surface area contributed by atoms with Crippen LogP contribution in [0, 0.1) is 0 Å². The van der Waals surface area contributed by atoms with Crippen molar-refractivity contribution in [3.8, 4) is 11.3 Å². The maximum atomic E-state index is 11.6. The molecule has 0 bridgehead atoms. The number of aryl methyl sites for hydroxylation is 1. The van der Waals surface area contributed by atoms with Crippen LogP contribution in [-0.4, -0.2) is 50.0 Å². The normalized spacial score (nSPS) is 18.3. The van der Waals surface area contributed by atoms with Crippen LogP contribution in [0.2, 0.25) is 0 Å². The molecule has 1 atom stereocenters. The van der Waals surface area contributed by atoms with Gasteiger partial charge in [-0.05, 0) is 18.1 Å². The van der Waals surface area contributed by atoms with Crippen LogP contribution < -0.4 is 10.2 Å². The molecule has 8 heteroatoms. The Morgan fingerprint density at radius 2 is 1.87 bits per heavy atom. The van der Waals surface area contributed by atoms with E-state index >= 15 is 0 Å². The number of carbonyl (C=O) groups excluding carboxylic acids is 1. The quantitative estimate of drug-likeness (QED) is 0.557. The molecule has 5 heterocycles. The molecule has 1 saturated heterocycles. The molecule has 1 fully saturated rings. The van der Waals surface area contributed by atoms with E-state index in [4.69, 9.17) is 4.98 Å². The Labute approximate surface area is 179 Å². The summed E-state index contributed by atoms with van der Waals surface area (Å²) in [6.07, 6.45) is 7.41. The molecular weight excluding hydrogens is 390 g/mol. The summed E-state index contributed by atoms with van der Waals surface area (Å²) in [4.78, 5) is 31.9. The van der Waals surface area contributed by atoms with E-state index in [1.54, 1.807) is 12.4 Å². The number of aromatic nitrogens is 5. The zero-order valence-corrected chi connectivity index (χ0v) is 16.9. The summed E-state index contributed by atoms with van der Waals surface area (Å²) in [6.45, 7) is 1.60. The number of nitrogens with zero attached hydrogens (tertiary/aromatic N) is 6. The predicted octanol–water partition coefficient (Wildman–Crippen LogP) is 2.36. The highest BCUT2D eigenvalue weighted by molar-refractivity contribution is 5.82. The minimum Gasteiger partial charge on any atom is -0.353 e. The maximum Gasteiger partial charge on any atom is 0.239 e. The number of benzene rings is 1. The SMILES string of the molecule is O=C1CN(c2ncc(-c3cc4c(cn3)nc3n4C(c4ccccc4)CC3)cn2)CCN1. The second-order valence-electron chi connectivity index (χ2n) is 7.96. The molecule has 2 aliphatic rings. The number of imidazole rings is 1. The zero-order chi connectivity index (χ0) is 20.8. The number of hydrogen-bond acceptors (Lipinski definition) is 6. The molecule has 4 aromatic rings. The van der Waals surface area contributed by atoms with Gasteiger partial charge in [0.15, 0.2) is 0 Å². The average Bonchev–Trinajstić information content (AvgIpc) is 3.39. The molecule has 8 nitrogen and oxygen atoms in total. The predicted molar refractivity (Wildman–Crippen MR) is 117 cm³/mol. The lowest BCUT2D eigenvalue weighted by molar-refractivity contribution is -0.120. The van der Waals surface area contributed by atoms with E-state index in [2.05, 4.69) is 55.2 Å². The lowest BCUT2D eigenvalue weighted by Crippen LogP contribution is -2.48. The molecule has 1 N–H and O–H groups in total. The van der Waals surface area contributed by atoms with Crippen molar-refractivity contribution >= 4 is 22.9 Å². The first-order valence-electron chi connectivity index (χ1n) is 10.5. The van der Waals surface area contributed by atoms with Crippen LogP contribution in [0.5, 0.6) is 0 Å². The Morgan fingerprint density at radius 3 is 2.68 bits per heavy atom. The van der Waals surface area contributed by atoms with Crippen molar-refractivity contribution in [3.05, 3.63) is 66.4 Å². The van der Waals surface area contributed by atoms with Crippen LogP contribution in [0.3, 0.4) is 0 Å². The molecule has 2 aliphatic heterocycles. The van der Waals surface area contributed by atoms with E-state index in [0.29, 0.717) is 25.1 Å². The van der Waals surface area contributed by atoms with Gasteiger partial charge in [0, 0.05) is 37.5 Å². The third-order valence-electron chi connectivity index (χ3n) is 6.04. The molecule has 1 unspecified atom stereocenters. The van der Waals surface area contributed by atoms with Crippen LogP contribution in [0.1, 0.15) is 23.9 Å². The summed E-state index contributed by atoms with van der Waals surface area (Å²) in [6, 6.07) is 13.0. The van der Waals surface area contributed by atoms with Gasteiger partial charge >= 0.3 is 0 Å². The third-order valence-corrected chi connectivity index (χ3v) is 6.04. The van der Waals surface area contributed by atoms with Gasteiger partial charge in [-0.3, -0.25) is 9.78 Å². The number of anilines is 1. The van der Waals surface area contributed by atoms with E-state index in [1.807, 2.05) is 17.2 Å². The molecule has 0 spiro atoms. The number of rotatable bonds is 3. The maximum absolute atomic E-state index is 11.6. The van der Waals surface area contributed by atoms with Gasteiger partial charge in [-0.15, -0.1) is 0 Å². The number of hydrogen-bond donors (Lipinski definition) is 1. The first-order valence-corrected chi connectivity index (χ1v) is 10.5. The minimum absolute atomic E-state index is 0.00592. The molecule has 154 valence electrons. The lowest BCUT2D eigenvalue weighted by atomic mass is 10.0. The monoisotopic (exact) mass is 411 g/mol. The molecule has 3 aromatic heterocycles. The molecule has 1 aromatic carbocycles. The average molecular weight is 411 g/mol. The van der Waals surface area contributed by atoms with Crippen LogP contribution in [0.4, 0.5) is 5.95 Å². The standard InChI is InChI=1S/C23H21N7O/c31-22-14-29(9-8-24-22)23-26-11-16(12-27-23)17-10-20-18(13-25-17)28-21-7-6-19(30(20)21)15-4-2-1-3-5-15/h1-5,10-13,19H,6-9,14H2,(H,24,31). The van der Waals surface area contributed by atoms with Crippen molar-refractivity contribution in [3.63, 3.8) is 0 Å². The smallest absolute Gasteiger partial charge is 0.239 e. The minimum atomic E-state index is -0.00592. The summed E-state index contributed by atoms with van der Waals surface area (Å²) in [5, 5.41) is 2.81. The second-order valence-corrected chi connectivity index (χ2v) is 7.96. The van der Waals surface area contributed by atoms with Gasteiger partial charge in [0.05, 0.1) is 30.0 Å². The van der Waals surface area contributed by atoms with Crippen molar-refractivity contribution in [2.75, 3.05) is 24.5 Å². The Balaban J connectivity index is 1.35. The van der Waals surface area contributed by atoms with Crippen LogP contribution in [0.15, 0.2) is 55.0 Å². The Hall–Kier alpha value is -3.81. The van der Waals surface area contributed by atoms with Crippen LogP contribution in [-0.2, 0) is 11.2 Å². The van der Waals surface area contributed by atoms with Gasteiger partial charge in [-0.1, -0.05) is 30.3 Å². The van der Waals surface area contributed by atoms with Gasteiger partial charge in [0.1, 0.15) is 11.3 Å². The summed E-state index contributed by atoms with van der Waals surface area (Å²) in [7, 11) is 0. The first kappa shape index (κ1) is 18.0. The van der Waals surface area contributed by atoms with E-state index in [0.717, 1.165) is 41.0 Å². The van der Waals surface area contributed by atoms with Gasteiger partial charge in [-0.25, -0.2) is 15.0 Å². The number of pyridine rings is 1. The molecular formula is C23H21N7O. The number of piperazine rings is 1. The van der Waals surface area contributed by atoms with Crippen molar-refractivity contribution in [2.45, 2.75) is 18.9 Å². The van der Waals surface area contributed by atoms with Crippen molar-refractivity contribution in [1.29, 1.82) is 0 Å². The molecule has 0 saturated carbocycles. The summed E-state index contributed by atoms with van der Waals surface area (Å²) in [5.41, 5.74) is 4.96. The molecule has 31 heavy (non-hydrogen) atoms. The van der Waals surface area contributed by atoms with Gasteiger partial charge in [0.2, 0.25) is 11.9 Å². The van der Waals surface area contributed by atoms with Crippen LogP contribution in [0.25, 0.3) is 22.3 Å². The summed E-state index contributed by atoms with van der Waals surface area (Å²) < 4.78 is 2.34. The highest BCUT2D eigenvalue weighted by Gasteiger charge is 2.27. The first-order chi connectivity index (χ1) is 15.3. The molecule has 0 radical (unpaired) electrons. The number of fused-ring (bicyclic) bond motifs is 3. The van der Waals surface area contributed by atoms with Crippen molar-refractivity contribution in [2.24, 2.45) is 0 Å². The fraction of sp³-hybridized carbons (Fsp3) is 0.261. The molecule has 6 rings (SSSR count). The second kappa shape index (κ2) is 7.16.